The number of rotatable bonds is 14. The first-order valence-electron chi connectivity index (χ1n) is 9.09. The molecule has 0 aliphatic carbocycles. The van der Waals surface area contributed by atoms with Crippen LogP contribution < -0.4 is 17.0 Å². The highest BCUT2D eigenvalue weighted by Gasteiger charge is 2.24. The lowest BCUT2D eigenvalue weighted by atomic mass is 10.1. The Kier molecular flexibility index (Phi) is 18.0. The van der Waals surface area contributed by atoms with Gasteiger partial charge in [0.2, 0.25) is 0 Å². The topological polar surface area (TPSA) is 0 Å². The van der Waals surface area contributed by atoms with E-state index in [-0.39, 0.29) is 17.0 Å². The monoisotopic (exact) mass is 349 g/mol. The van der Waals surface area contributed by atoms with Gasteiger partial charge < -0.3 is 21.5 Å². The predicted molar refractivity (Wildman–Crippen MR) is 88.6 cm³/mol. The lowest BCUT2D eigenvalue weighted by molar-refractivity contribution is -0.929. The molecule has 0 atom stereocenters. The van der Waals surface area contributed by atoms with E-state index in [1.54, 1.807) is 0 Å². The van der Waals surface area contributed by atoms with Gasteiger partial charge in [-0.05, 0) is 44.9 Å². The van der Waals surface area contributed by atoms with Crippen LogP contribution in [0, 0.1) is 0 Å². The third kappa shape index (κ3) is 11.1. The van der Waals surface area contributed by atoms with Gasteiger partial charge in [-0.3, -0.25) is 0 Å². The number of halogens is 1. The first-order chi connectivity index (χ1) is 9.24. The Labute approximate surface area is 139 Å². The molecular formula is C18H40BrN. The summed E-state index contributed by atoms with van der Waals surface area (Å²) >= 11 is 0. The zero-order chi connectivity index (χ0) is 14.4. The Morgan fingerprint density at radius 3 is 1.05 bits per heavy atom. The van der Waals surface area contributed by atoms with Crippen molar-refractivity contribution in [3.8, 4) is 0 Å². The van der Waals surface area contributed by atoms with Crippen molar-refractivity contribution in [1.29, 1.82) is 0 Å². The van der Waals surface area contributed by atoms with Gasteiger partial charge in [0, 0.05) is 0 Å². The summed E-state index contributed by atoms with van der Waals surface area (Å²) in [6.45, 7) is 15.1. The smallest absolute Gasteiger partial charge is 0.0786 e. The van der Waals surface area contributed by atoms with Gasteiger partial charge in [0.05, 0.1) is 26.2 Å². The van der Waals surface area contributed by atoms with E-state index in [0.29, 0.717) is 0 Å². The Balaban J connectivity index is 0. The highest BCUT2D eigenvalue weighted by molar-refractivity contribution is 4.50. The molecule has 0 saturated heterocycles. The number of hydrogen-bond donors (Lipinski definition) is 0. The van der Waals surface area contributed by atoms with Crippen LogP contribution in [0.2, 0.25) is 0 Å². The average Bonchev–Trinajstić information content (AvgIpc) is 2.40. The zero-order valence-electron chi connectivity index (χ0n) is 14.7. The maximum absolute atomic E-state index is 2.37. The first kappa shape index (κ1) is 22.7. The standard InChI is InChI=1S/C18H40N.BrH/c1-5-9-12-16-19(15-8-4,17-13-10-6-2)18-14-11-7-3;/h5-18H2,1-4H3;1H/q+1;/p-1. The second-order valence-electron chi connectivity index (χ2n) is 6.36. The molecule has 124 valence electrons. The van der Waals surface area contributed by atoms with Gasteiger partial charge >= 0.3 is 0 Å². The normalized spacial score (nSPS) is 11.4. The fourth-order valence-electron chi connectivity index (χ4n) is 3.24. The summed E-state index contributed by atoms with van der Waals surface area (Å²) in [6, 6.07) is 0. The minimum Gasteiger partial charge on any atom is -1.00 e. The molecule has 0 aliphatic rings. The largest absolute Gasteiger partial charge is 1.00 e. The molecule has 0 radical (unpaired) electrons. The minimum atomic E-state index is 0. The van der Waals surface area contributed by atoms with Crippen LogP contribution in [0.25, 0.3) is 0 Å². The van der Waals surface area contributed by atoms with Gasteiger partial charge in [0.1, 0.15) is 0 Å². The Hall–Kier alpha value is 0.440. The molecule has 0 aromatic carbocycles. The van der Waals surface area contributed by atoms with Crippen molar-refractivity contribution in [3.63, 3.8) is 0 Å². The summed E-state index contributed by atoms with van der Waals surface area (Å²) in [5.74, 6) is 0. The molecule has 0 aromatic heterocycles. The fourth-order valence-corrected chi connectivity index (χ4v) is 3.24. The lowest BCUT2D eigenvalue weighted by Crippen LogP contribution is -3.00. The van der Waals surface area contributed by atoms with E-state index in [1.165, 1.54) is 94.9 Å². The SMILES string of the molecule is CCCCC[N+](CCC)(CCCCC)CCCCC.[Br-]. The highest BCUT2D eigenvalue weighted by Crippen LogP contribution is 2.17. The van der Waals surface area contributed by atoms with Crippen molar-refractivity contribution in [2.75, 3.05) is 26.2 Å². The number of quaternary nitrogens is 1. The first-order valence-corrected chi connectivity index (χ1v) is 9.09. The summed E-state index contributed by atoms with van der Waals surface area (Å²) in [4.78, 5) is 0. The van der Waals surface area contributed by atoms with E-state index in [9.17, 15) is 0 Å². The molecule has 0 N–H and O–H groups in total. The van der Waals surface area contributed by atoms with E-state index >= 15 is 0 Å². The summed E-state index contributed by atoms with van der Waals surface area (Å²) in [5, 5.41) is 0. The molecule has 1 nitrogen and oxygen atoms in total. The van der Waals surface area contributed by atoms with Gasteiger partial charge in [0.15, 0.2) is 0 Å². The van der Waals surface area contributed by atoms with E-state index in [0.717, 1.165) is 0 Å². The second kappa shape index (κ2) is 15.8. The van der Waals surface area contributed by atoms with Crippen LogP contribution in [-0.2, 0) is 0 Å². The molecule has 0 unspecified atom stereocenters. The van der Waals surface area contributed by atoms with Crippen molar-refractivity contribution in [2.45, 2.75) is 91.9 Å². The molecule has 0 saturated carbocycles. The maximum Gasteiger partial charge on any atom is 0.0786 e. The van der Waals surface area contributed by atoms with E-state index in [4.69, 9.17) is 0 Å². The average molecular weight is 350 g/mol. The molecule has 2 heteroatoms. The van der Waals surface area contributed by atoms with Crippen LogP contribution in [0.1, 0.15) is 91.9 Å². The number of nitrogens with zero attached hydrogens (tertiary/aromatic N) is 1. The van der Waals surface area contributed by atoms with Crippen molar-refractivity contribution in [2.24, 2.45) is 0 Å². The molecule has 0 amide bonds. The van der Waals surface area contributed by atoms with E-state index < -0.39 is 0 Å². The third-order valence-corrected chi connectivity index (χ3v) is 4.41. The molecule has 0 heterocycles. The summed E-state index contributed by atoms with van der Waals surface area (Å²) in [7, 11) is 0. The molecule has 0 aromatic rings. The molecule has 0 rings (SSSR count). The van der Waals surface area contributed by atoms with Crippen LogP contribution in [0.5, 0.6) is 0 Å². The minimum absolute atomic E-state index is 0. The quantitative estimate of drug-likeness (QED) is 0.334. The van der Waals surface area contributed by atoms with Crippen molar-refractivity contribution < 1.29 is 21.5 Å². The molecule has 0 aliphatic heterocycles. The zero-order valence-corrected chi connectivity index (χ0v) is 16.3. The van der Waals surface area contributed by atoms with Crippen LogP contribution in [0.15, 0.2) is 0 Å². The number of hydrogen-bond acceptors (Lipinski definition) is 0. The van der Waals surface area contributed by atoms with Crippen LogP contribution in [0.4, 0.5) is 0 Å². The summed E-state index contributed by atoms with van der Waals surface area (Å²) in [6.07, 6.45) is 14.0. The second-order valence-corrected chi connectivity index (χ2v) is 6.36. The Morgan fingerprint density at radius 1 is 0.450 bits per heavy atom. The maximum atomic E-state index is 2.37. The Bertz CT molecular complexity index is 156. The third-order valence-electron chi connectivity index (χ3n) is 4.41. The fraction of sp³-hybridized carbons (Fsp3) is 1.00. The predicted octanol–water partition coefficient (Wildman–Crippen LogP) is 2.79. The van der Waals surface area contributed by atoms with Gasteiger partial charge in [0.25, 0.3) is 0 Å². The molecular weight excluding hydrogens is 310 g/mol. The lowest BCUT2D eigenvalue weighted by Gasteiger charge is -2.39. The van der Waals surface area contributed by atoms with Gasteiger partial charge in [-0.2, -0.15) is 0 Å². The Morgan fingerprint density at radius 2 is 0.800 bits per heavy atom. The summed E-state index contributed by atoms with van der Waals surface area (Å²) in [5.41, 5.74) is 0. The van der Waals surface area contributed by atoms with E-state index in [2.05, 4.69) is 27.7 Å². The number of unbranched alkanes of at least 4 members (excludes halogenated alkanes) is 6. The van der Waals surface area contributed by atoms with Gasteiger partial charge in [-0.25, -0.2) is 0 Å². The van der Waals surface area contributed by atoms with Crippen molar-refractivity contribution in [3.05, 3.63) is 0 Å². The molecule has 0 spiro atoms. The van der Waals surface area contributed by atoms with Gasteiger partial charge in [-0.15, -0.1) is 0 Å². The van der Waals surface area contributed by atoms with Crippen molar-refractivity contribution in [1.82, 2.24) is 0 Å². The highest BCUT2D eigenvalue weighted by atomic mass is 79.9. The molecule has 0 bridgehead atoms. The van der Waals surface area contributed by atoms with Crippen LogP contribution in [0.3, 0.4) is 0 Å². The summed E-state index contributed by atoms with van der Waals surface area (Å²) < 4.78 is 1.43. The van der Waals surface area contributed by atoms with Crippen LogP contribution >= 0.6 is 0 Å². The van der Waals surface area contributed by atoms with E-state index in [1.807, 2.05) is 0 Å². The molecule has 0 fully saturated rings. The molecule has 20 heavy (non-hydrogen) atoms. The van der Waals surface area contributed by atoms with Gasteiger partial charge in [-0.1, -0.05) is 47.0 Å². The van der Waals surface area contributed by atoms with Crippen LogP contribution in [-0.4, -0.2) is 30.7 Å². The van der Waals surface area contributed by atoms with Crippen molar-refractivity contribution >= 4 is 0 Å².